The van der Waals surface area contributed by atoms with Crippen molar-refractivity contribution in [1.29, 1.82) is 0 Å². The fourth-order valence-electron chi connectivity index (χ4n) is 2.96. The van der Waals surface area contributed by atoms with Gasteiger partial charge in [0.2, 0.25) is 5.95 Å². The van der Waals surface area contributed by atoms with Crippen molar-refractivity contribution < 1.29 is 28.5 Å². The highest BCUT2D eigenvalue weighted by Gasteiger charge is 2.36. The number of nitrogen functional groups attached to an aromatic ring is 1. The summed E-state index contributed by atoms with van der Waals surface area (Å²) in [7, 11) is -2.98. The highest BCUT2D eigenvalue weighted by molar-refractivity contribution is 7.80. The minimum absolute atomic E-state index is 0.0471. The Bertz CT molecular complexity index is 1090. The van der Waals surface area contributed by atoms with Crippen molar-refractivity contribution in [2.24, 2.45) is 0 Å². The predicted molar refractivity (Wildman–Crippen MR) is 110 cm³/mol. The first-order chi connectivity index (χ1) is 14.4. The van der Waals surface area contributed by atoms with E-state index in [9.17, 15) is 9.67 Å². The number of nitrogens with two attached hydrogens (primary N) is 1. The van der Waals surface area contributed by atoms with Crippen LogP contribution in [0.4, 0.5) is 5.95 Å². The molecule has 1 unspecified atom stereocenters. The van der Waals surface area contributed by atoms with Crippen LogP contribution < -0.4 is 10.3 Å². The number of anilines is 1. The third-order valence-corrected chi connectivity index (χ3v) is 5.49. The van der Waals surface area contributed by atoms with Gasteiger partial charge in [0.15, 0.2) is 5.65 Å². The Balaban J connectivity index is 1.33. The van der Waals surface area contributed by atoms with Crippen LogP contribution in [0.1, 0.15) is 12.6 Å². The van der Waals surface area contributed by atoms with Gasteiger partial charge in [0.1, 0.15) is 35.2 Å². The number of aliphatic hydroxyl groups excluding tert-OH is 1. The van der Waals surface area contributed by atoms with Gasteiger partial charge < -0.3 is 20.1 Å². The topological polar surface area (TPSA) is 144 Å². The number of imidazole rings is 1. The van der Waals surface area contributed by atoms with Gasteiger partial charge in [0, 0.05) is 11.4 Å². The fourth-order valence-corrected chi connectivity index (χ4v) is 3.92. The van der Waals surface area contributed by atoms with E-state index in [1.165, 1.54) is 12.4 Å². The summed E-state index contributed by atoms with van der Waals surface area (Å²) >= 11 is 10.1. The lowest BCUT2D eigenvalue weighted by Gasteiger charge is -2.15. The molecule has 160 valence electrons. The lowest BCUT2D eigenvalue weighted by atomic mass is 10.2. The van der Waals surface area contributed by atoms with Gasteiger partial charge in [0.05, 0.1) is 12.4 Å². The van der Waals surface area contributed by atoms with Gasteiger partial charge in [-0.05, 0) is 18.2 Å². The van der Waals surface area contributed by atoms with Crippen molar-refractivity contribution in [2.45, 2.75) is 29.9 Å². The number of benzene rings is 1. The van der Waals surface area contributed by atoms with Gasteiger partial charge >= 0.3 is 8.25 Å². The average Bonchev–Trinajstić information content (AvgIpc) is 3.25. The highest BCUT2D eigenvalue weighted by Crippen LogP contribution is 2.33. The Labute approximate surface area is 181 Å². The number of thiol groups is 1. The number of ether oxygens (including phenoxy) is 1. The van der Waals surface area contributed by atoms with Crippen molar-refractivity contribution in [3.63, 3.8) is 0 Å². The Morgan fingerprint density at radius 3 is 3.07 bits per heavy atom. The van der Waals surface area contributed by atoms with Crippen LogP contribution in [0.25, 0.3) is 11.2 Å². The lowest BCUT2D eigenvalue weighted by Crippen LogP contribution is -2.26. The van der Waals surface area contributed by atoms with Gasteiger partial charge in [-0.25, -0.2) is 19.4 Å². The van der Waals surface area contributed by atoms with E-state index < -0.39 is 26.7 Å². The Kier molecular flexibility index (Phi) is 6.44. The zero-order chi connectivity index (χ0) is 21.3. The molecule has 0 bridgehead atoms. The lowest BCUT2D eigenvalue weighted by molar-refractivity contribution is -0.233. The molecule has 0 spiro atoms. The van der Waals surface area contributed by atoms with E-state index in [2.05, 4.69) is 27.6 Å². The molecular formula is C16H17ClN5O6PS. The third-order valence-electron chi connectivity index (χ3n) is 4.29. The first-order valence-corrected chi connectivity index (χ1v) is 10.7. The quantitative estimate of drug-likeness (QED) is 0.154. The van der Waals surface area contributed by atoms with E-state index in [4.69, 9.17) is 36.2 Å². The van der Waals surface area contributed by atoms with Gasteiger partial charge in [-0.1, -0.05) is 17.7 Å². The number of aliphatic hydroxyl groups is 1. The number of fused-ring (bicyclic) bond motifs is 1. The van der Waals surface area contributed by atoms with E-state index in [0.29, 0.717) is 21.2 Å². The Hall–Kier alpha value is -1.92. The summed E-state index contributed by atoms with van der Waals surface area (Å²) in [5.74, 6) is 0.329. The van der Waals surface area contributed by atoms with Crippen LogP contribution in [0.3, 0.4) is 0 Å². The molecule has 3 N–H and O–H groups in total. The summed E-state index contributed by atoms with van der Waals surface area (Å²) in [6.07, 6.45) is -0.405. The first-order valence-electron chi connectivity index (χ1n) is 8.70. The van der Waals surface area contributed by atoms with Gasteiger partial charge in [0.25, 0.3) is 0 Å². The molecule has 11 nitrogen and oxygen atoms in total. The summed E-state index contributed by atoms with van der Waals surface area (Å²) in [5.41, 5.74) is 6.57. The molecule has 0 aliphatic carbocycles. The van der Waals surface area contributed by atoms with Crippen LogP contribution in [0.2, 0.25) is 5.02 Å². The zero-order valence-corrected chi connectivity index (χ0v) is 17.9. The average molecular weight is 474 g/mol. The molecule has 1 aliphatic heterocycles. The van der Waals surface area contributed by atoms with E-state index in [1.54, 1.807) is 22.8 Å². The van der Waals surface area contributed by atoms with Gasteiger partial charge in [-0.15, -0.1) is 17.3 Å². The minimum atomic E-state index is -2.98. The number of hydrogen-bond acceptors (Lipinski definition) is 11. The van der Waals surface area contributed by atoms with Gasteiger partial charge in [-0.2, -0.15) is 4.98 Å². The predicted octanol–water partition coefficient (Wildman–Crippen LogP) is 2.42. The van der Waals surface area contributed by atoms with E-state index >= 15 is 0 Å². The molecule has 1 aromatic carbocycles. The molecule has 30 heavy (non-hydrogen) atoms. The number of halogens is 1. The number of aromatic nitrogens is 4. The molecule has 1 saturated heterocycles. The molecule has 3 heterocycles. The normalized spacial score (nSPS) is 22.4. The minimum Gasteiger partial charge on any atom is -0.425 e. The molecule has 3 aromatic rings. The molecular weight excluding hydrogens is 457 g/mol. The Morgan fingerprint density at radius 2 is 2.27 bits per heavy atom. The van der Waals surface area contributed by atoms with Crippen molar-refractivity contribution >= 4 is 49.6 Å². The summed E-state index contributed by atoms with van der Waals surface area (Å²) in [5, 5.41) is 11.1. The van der Waals surface area contributed by atoms with Crippen molar-refractivity contribution in [2.75, 3.05) is 12.3 Å². The van der Waals surface area contributed by atoms with Crippen LogP contribution in [0, 0.1) is 0 Å². The fraction of sp³-hybridized carbons (Fsp3) is 0.312. The van der Waals surface area contributed by atoms with E-state index in [-0.39, 0.29) is 24.7 Å². The highest BCUT2D eigenvalue weighted by atomic mass is 35.5. The summed E-state index contributed by atoms with van der Waals surface area (Å²) < 4.78 is 29.2. The number of hydrogen-bond donors (Lipinski definition) is 3. The molecule has 2 aromatic heterocycles. The number of rotatable bonds is 7. The van der Waals surface area contributed by atoms with Crippen molar-refractivity contribution in [1.82, 2.24) is 19.5 Å². The van der Waals surface area contributed by atoms with Crippen molar-refractivity contribution in [3.8, 4) is 5.75 Å². The number of nitrogens with zero attached hydrogens (tertiary/aromatic N) is 4. The molecule has 0 amide bonds. The smallest absolute Gasteiger partial charge is 0.394 e. The molecule has 4 rings (SSSR count). The summed E-state index contributed by atoms with van der Waals surface area (Å²) in [6, 6.07) is 6.36. The van der Waals surface area contributed by atoms with Crippen LogP contribution in [-0.2, 0) is 18.9 Å². The SMILES string of the molecule is Nc1nc(S)c2ncn([C@H]3C[C@H](O)[C@@H](COO[PH](=O)Oc4cccc(Cl)c4)O3)c2n1. The zero-order valence-electron chi connectivity index (χ0n) is 15.2. The van der Waals surface area contributed by atoms with Gasteiger partial charge in [-0.3, -0.25) is 4.57 Å². The summed E-state index contributed by atoms with van der Waals surface area (Å²) in [4.78, 5) is 17.3. The second-order valence-corrected chi connectivity index (χ2v) is 8.07. The standard InChI is InChI=1S/C16H17ClN5O6PS/c17-8-2-1-3-9(4-8)27-29(24)28-25-6-11-10(23)5-12(26-11)22-7-19-13-14(22)20-16(18)21-15(13)30/h1-4,7,10-12,23,29H,5-6H2,(H3,18,20,21,30)/t10-,11+,12+/m0/s1. The molecule has 0 radical (unpaired) electrons. The second-order valence-electron chi connectivity index (χ2n) is 6.34. The Morgan fingerprint density at radius 1 is 1.43 bits per heavy atom. The molecule has 4 atom stereocenters. The van der Waals surface area contributed by atoms with Crippen LogP contribution in [0.15, 0.2) is 35.6 Å². The van der Waals surface area contributed by atoms with Crippen molar-refractivity contribution in [3.05, 3.63) is 35.6 Å². The largest absolute Gasteiger partial charge is 0.425 e. The first kappa shape index (κ1) is 21.3. The monoisotopic (exact) mass is 473 g/mol. The van der Waals surface area contributed by atoms with Crippen LogP contribution in [-0.4, -0.2) is 43.4 Å². The molecule has 1 fully saturated rings. The van der Waals surface area contributed by atoms with Crippen LogP contribution >= 0.6 is 32.5 Å². The molecule has 14 heteroatoms. The maximum absolute atomic E-state index is 11.9. The molecule has 0 saturated carbocycles. The summed E-state index contributed by atoms with van der Waals surface area (Å²) in [6.45, 7) is -0.172. The van der Waals surface area contributed by atoms with E-state index in [1.807, 2.05) is 0 Å². The second kappa shape index (κ2) is 9.06. The third kappa shape index (κ3) is 4.70. The molecule has 1 aliphatic rings. The van der Waals surface area contributed by atoms with Crippen LogP contribution in [0.5, 0.6) is 5.75 Å². The maximum atomic E-state index is 11.9. The maximum Gasteiger partial charge on any atom is 0.394 e. The van der Waals surface area contributed by atoms with E-state index in [0.717, 1.165) is 0 Å².